The van der Waals surface area contributed by atoms with Crippen molar-refractivity contribution < 1.29 is 19.1 Å². The number of methoxy groups -OCH3 is 1. The van der Waals surface area contributed by atoms with Crippen molar-refractivity contribution in [2.24, 2.45) is 5.41 Å². The van der Waals surface area contributed by atoms with E-state index in [1.807, 2.05) is 27.8 Å². The molecule has 134 valence electrons. The minimum Gasteiger partial charge on any atom is -0.469 e. The number of ether oxygens (including phenoxy) is 2. The van der Waals surface area contributed by atoms with E-state index in [0.717, 1.165) is 0 Å². The van der Waals surface area contributed by atoms with Gasteiger partial charge in [0, 0.05) is 25.2 Å². The van der Waals surface area contributed by atoms with Crippen molar-refractivity contribution in [3.05, 3.63) is 0 Å². The summed E-state index contributed by atoms with van der Waals surface area (Å²) < 4.78 is 10.5. The molecule has 2 aliphatic rings. The second kappa shape index (κ2) is 6.60. The van der Waals surface area contributed by atoms with Crippen molar-refractivity contribution in [1.82, 2.24) is 9.80 Å². The Labute approximate surface area is 143 Å². The van der Waals surface area contributed by atoms with Crippen LogP contribution in [0.25, 0.3) is 0 Å². The fourth-order valence-electron chi connectivity index (χ4n) is 3.94. The quantitative estimate of drug-likeness (QED) is 0.714. The summed E-state index contributed by atoms with van der Waals surface area (Å²) in [5.74, 6) is -0.354. The molecule has 0 aromatic carbocycles. The van der Waals surface area contributed by atoms with E-state index in [1.165, 1.54) is 7.11 Å². The van der Waals surface area contributed by atoms with Gasteiger partial charge in [0.05, 0.1) is 25.0 Å². The van der Waals surface area contributed by atoms with Crippen molar-refractivity contribution >= 4 is 12.1 Å². The van der Waals surface area contributed by atoms with Gasteiger partial charge in [-0.1, -0.05) is 0 Å². The van der Waals surface area contributed by atoms with Crippen molar-refractivity contribution in [2.75, 3.05) is 27.2 Å². The van der Waals surface area contributed by atoms with Crippen LogP contribution in [0.1, 0.15) is 40.0 Å². The Morgan fingerprint density at radius 1 is 1.25 bits per heavy atom. The fourth-order valence-corrected chi connectivity index (χ4v) is 3.94. The van der Waals surface area contributed by atoms with Crippen LogP contribution in [0.2, 0.25) is 0 Å². The topological polar surface area (TPSA) is 82.9 Å². The molecule has 0 spiro atoms. The number of likely N-dealkylation sites (N-methyl/N-ethyl adjacent to an activating group) is 1. The van der Waals surface area contributed by atoms with Crippen LogP contribution >= 0.6 is 0 Å². The first-order chi connectivity index (χ1) is 11.1. The Morgan fingerprint density at radius 3 is 2.21 bits per heavy atom. The molecule has 0 aromatic rings. The first-order valence-corrected chi connectivity index (χ1v) is 8.27. The zero-order valence-corrected chi connectivity index (χ0v) is 15.2. The van der Waals surface area contributed by atoms with Crippen LogP contribution in [0.15, 0.2) is 0 Å². The van der Waals surface area contributed by atoms with Gasteiger partial charge < -0.3 is 14.4 Å². The fraction of sp³-hybridized carbons (Fsp3) is 0.824. The molecule has 1 amide bonds. The maximum atomic E-state index is 12.6. The SMILES string of the molecule is COC(=O)C1(CC#N)C[C@H]2CN(C)C[C@@H](C1)N2C(=O)OC(C)(C)C. The minimum atomic E-state index is -0.835. The second-order valence-corrected chi connectivity index (χ2v) is 7.93. The minimum absolute atomic E-state index is 0.110. The predicted molar refractivity (Wildman–Crippen MR) is 87.1 cm³/mol. The molecule has 2 bridgehead atoms. The predicted octanol–water partition coefficient (Wildman–Crippen LogP) is 1.77. The maximum Gasteiger partial charge on any atom is 0.410 e. The molecule has 1 unspecified atom stereocenters. The first kappa shape index (κ1) is 18.5. The number of hydrogen-bond donors (Lipinski definition) is 0. The number of nitriles is 1. The molecule has 0 saturated carbocycles. The van der Waals surface area contributed by atoms with E-state index in [1.54, 1.807) is 4.90 Å². The highest BCUT2D eigenvalue weighted by Crippen LogP contribution is 2.44. The van der Waals surface area contributed by atoms with E-state index in [-0.39, 0.29) is 30.6 Å². The summed E-state index contributed by atoms with van der Waals surface area (Å²) in [7, 11) is 3.35. The van der Waals surface area contributed by atoms with Gasteiger partial charge in [-0.05, 0) is 40.7 Å². The molecule has 3 atom stereocenters. The highest BCUT2D eigenvalue weighted by molar-refractivity contribution is 5.78. The number of hydrogen-bond acceptors (Lipinski definition) is 6. The van der Waals surface area contributed by atoms with Gasteiger partial charge in [0.15, 0.2) is 0 Å². The molecule has 0 aliphatic carbocycles. The number of fused-ring (bicyclic) bond motifs is 2. The average molecular weight is 337 g/mol. The largest absolute Gasteiger partial charge is 0.469 e. The molecule has 2 heterocycles. The molecule has 2 rings (SSSR count). The van der Waals surface area contributed by atoms with Gasteiger partial charge in [-0.25, -0.2) is 4.79 Å². The Hall–Kier alpha value is -1.81. The smallest absolute Gasteiger partial charge is 0.410 e. The molecule has 2 aliphatic heterocycles. The van der Waals surface area contributed by atoms with Crippen molar-refractivity contribution in [2.45, 2.75) is 57.7 Å². The lowest BCUT2D eigenvalue weighted by Crippen LogP contribution is -2.66. The standard InChI is InChI=1S/C17H27N3O4/c1-16(2,3)24-15(22)20-12-8-17(6-7-18,14(21)23-5)9-13(20)11-19(4)10-12/h12-13H,6,8-11H2,1-5H3/t12-,13+,17?. The summed E-state index contributed by atoms with van der Waals surface area (Å²) in [5.41, 5.74) is -1.40. The molecule has 24 heavy (non-hydrogen) atoms. The number of carbonyl (C=O) groups excluding carboxylic acids is 2. The van der Waals surface area contributed by atoms with Crippen LogP contribution in [0.4, 0.5) is 4.79 Å². The molecule has 0 aromatic heterocycles. The van der Waals surface area contributed by atoms with E-state index >= 15 is 0 Å². The van der Waals surface area contributed by atoms with Gasteiger partial charge in [-0.3, -0.25) is 9.69 Å². The van der Waals surface area contributed by atoms with Crippen molar-refractivity contribution in [1.29, 1.82) is 5.26 Å². The number of piperidine rings is 1. The van der Waals surface area contributed by atoms with Crippen LogP contribution < -0.4 is 0 Å². The number of rotatable bonds is 2. The number of nitrogens with zero attached hydrogens (tertiary/aromatic N) is 3. The molecular weight excluding hydrogens is 310 g/mol. The first-order valence-electron chi connectivity index (χ1n) is 8.27. The van der Waals surface area contributed by atoms with Crippen LogP contribution in [0, 0.1) is 16.7 Å². The monoisotopic (exact) mass is 337 g/mol. The third-order valence-electron chi connectivity index (χ3n) is 4.72. The number of carbonyl (C=O) groups is 2. The Bertz CT molecular complexity index is 533. The Kier molecular flexibility index (Phi) is 5.09. The zero-order chi connectivity index (χ0) is 18.1. The lowest BCUT2D eigenvalue weighted by atomic mass is 9.69. The summed E-state index contributed by atoms with van der Waals surface area (Å²) in [5, 5.41) is 9.20. The lowest BCUT2D eigenvalue weighted by molar-refractivity contribution is -0.161. The van der Waals surface area contributed by atoms with E-state index in [9.17, 15) is 14.9 Å². The lowest BCUT2D eigenvalue weighted by Gasteiger charge is -2.53. The highest BCUT2D eigenvalue weighted by Gasteiger charge is 2.54. The second-order valence-electron chi connectivity index (χ2n) is 7.93. The molecule has 7 nitrogen and oxygen atoms in total. The third-order valence-corrected chi connectivity index (χ3v) is 4.72. The van der Waals surface area contributed by atoms with E-state index < -0.39 is 11.0 Å². The van der Waals surface area contributed by atoms with Crippen LogP contribution in [0.3, 0.4) is 0 Å². The zero-order valence-electron chi connectivity index (χ0n) is 15.2. The summed E-state index contributed by atoms with van der Waals surface area (Å²) in [4.78, 5) is 28.9. The molecule has 0 radical (unpaired) electrons. The summed E-state index contributed by atoms with van der Waals surface area (Å²) in [6, 6.07) is 1.80. The Morgan fingerprint density at radius 2 is 1.79 bits per heavy atom. The van der Waals surface area contributed by atoms with Gasteiger partial charge in [0.1, 0.15) is 5.60 Å². The summed E-state index contributed by atoms with van der Waals surface area (Å²) in [6.45, 7) is 6.82. The number of amides is 1. The van der Waals surface area contributed by atoms with Crippen LogP contribution in [-0.4, -0.2) is 66.8 Å². The average Bonchev–Trinajstić information content (AvgIpc) is 2.43. The van der Waals surface area contributed by atoms with Crippen molar-refractivity contribution in [3.8, 4) is 6.07 Å². The van der Waals surface area contributed by atoms with Gasteiger partial charge in [0.2, 0.25) is 0 Å². The van der Waals surface area contributed by atoms with Gasteiger partial charge in [-0.2, -0.15) is 5.26 Å². The van der Waals surface area contributed by atoms with Crippen molar-refractivity contribution in [3.63, 3.8) is 0 Å². The van der Waals surface area contributed by atoms with Crippen LogP contribution in [-0.2, 0) is 14.3 Å². The molecule has 2 fully saturated rings. The number of likely N-dealkylation sites (tertiary alicyclic amines) is 1. The highest BCUT2D eigenvalue weighted by atomic mass is 16.6. The van der Waals surface area contributed by atoms with E-state index in [0.29, 0.717) is 25.9 Å². The third kappa shape index (κ3) is 3.64. The number of piperazine rings is 1. The van der Waals surface area contributed by atoms with Gasteiger partial charge in [0.25, 0.3) is 0 Å². The molecular formula is C17H27N3O4. The van der Waals surface area contributed by atoms with Gasteiger partial charge >= 0.3 is 12.1 Å². The maximum absolute atomic E-state index is 12.6. The molecule has 0 N–H and O–H groups in total. The van der Waals surface area contributed by atoms with E-state index in [2.05, 4.69) is 11.0 Å². The molecule has 2 saturated heterocycles. The molecule has 7 heteroatoms. The van der Waals surface area contributed by atoms with E-state index in [4.69, 9.17) is 9.47 Å². The Balaban J connectivity index is 2.29. The number of esters is 1. The normalized spacial score (nSPS) is 30.4. The van der Waals surface area contributed by atoms with Gasteiger partial charge in [-0.15, -0.1) is 0 Å². The van der Waals surface area contributed by atoms with Crippen LogP contribution in [0.5, 0.6) is 0 Å². The summed E-state index contributed by atoms with van der Waals surface area (Å²) in [6.07, 6.45) is 0.611. The summed E-state index contributed by atoms with van der Waals surface area (Å²) >= 11 is 0.